The maximum absolute atomic E-state index is 4.08. The van der Waals surface area contributed by atoms with Gasteiger partial charge >= 0.3 is 0 Å². The standard InChI is InChI=1S/C12H23N/c1-10(2)11(13-4)12(3)8-6-5-7-9-12/h11,13H,1,5-9H2,2-4H3. The van der Waals surface area contributed by atoms with E-state index in [-0.39, 0.29) is 0 Å². The summed E-state index contributed by atoms with van der Waals surface area (Å²) < 4.78 is 0. The van der Waals surface area contributed by atoms with E-state index in [1.165, 1.54) is 37.7 Å². The van der Waals surface area contributed by atoms with E-state index in [2.05, 4.69) is 32.8 Å². The number of hydrogen-bond acceptors (Lipinski definition) is 1. The normalized spacial score (nSPS) is 23.9. The fraction of sp³-hybridized carbons (Fsp3) is 0.833. The minimum absolute atomic E-state index is 0.457. The molecule has 1 rings (SSSR count). The van der Waals surface area contributed by atoms with Crippen LogP contribution < -0.4 is 5.32 Å². The maximum atomic E-state index is 4.08. The zero-order chi connectivity index (χ0) is 9.90. The van der Waals surface area contributed by atoms with E-state index in [9.17, 15) is 0 Å². The molecule has 1 fully saturated rings. The van der Waals surface area contributed by atoms with Crippen LogP contribution in [0, 0.1) is 5.41 Å². The molecule has 0 aromatic heterocycles. The SMILES string of the molecule is C=C(C)C(NC)C1(C)CCCCC1. The molecule has 0 amide bonds. The Morgan fingerprint density at radius 2 is 1.85 bits per heavy atom. The molecule has 0 heterocycles. The Kier molecular flexibility index (Phi) is 3.55. The van der Waals surface area contributed by atoms with E-state index in [1.54, 1.807) is 0 Å². The minimum atomic E-state index is 0.457. The van der Waals surface area contributed by atoms with Crippen molar-refractivity contribution in [2.75, 3.05) is 7.05 Å². The molecule has 0 spiro atoms. The summed E-state index contributed by atoms with van der Waals surface area (Å²) in [7, 11) is 2.05. The molecule has 0 aromatic carbocycles. The maximum Gasteiger partial charge on any atom is 0.0325 e. The molecule has 0 saturated heterocycles. The highest BCUT2D eigenvalue weighted by molar-refractivity contribution is 5.09. The Morgan fingerprint density at radius 3 is 2.23 bits per heavy atom. The van der Waals surface area contributed by atoms with E-state index >= 15 is 0 Å². The van der Waals surface area contributed by atoms with E-state index in [1.807, 2.05) is 0 Å². The van der Waals surface area contributed by atoms with Crippen LogP contribution in [0.4, 0.5) is 0 Å². The molecular weight excluding hydrogens is 158 g/mol. The first kappa shape index (κ1) is 10.8. The van der Waals surface area contributed by atoms with Gasteiger partial charge in [0.2, 0.25) is 0 Å². The first-order valence-electron chi connectivity index (χ1n) is 5.43. The summed E-state index contributed by atoms with van der Waals surface area (Å²) in [5, 5.41) is 3.41. The molecule has 0 bridgehead atoms. The summed E-state index contributed by atoms with van der Waals surface area (Å²) in [6.45, 7) is 8.63. The molecule has 0 aliphatic heterocycles. The molecule has 1 N–H and O–H groups in total. The fourth-order valence-electron chi connectivity index (χ4n) is 2.84. The molecule has 0 aromatic rings. The van der Waals surface area contributed by atoms with Gasteiger partial charge in [-0.05, 0) is 32.2 Å². The molecule has 76 valence electrons. The molecule has 0 radical (unpaired) electrons. The van der Waals surface area contributed by atoms with Crippen LogP contribution in [0.3, 0.4) is 0 Å². The molecule has 1 nitrogen and oxygen atoms in total. The van der Waals surface area contributed by atoms with Crippen LogP contribution in [0.1, 0.15) is 46.0 Å². The van der Waals surface area contributed by atoms with Crippen molar-refractivity contribution >= 4 is 0 Å². The lowest BCUT2D eigenvalue weighted by Crippen LogP contribution is -2.43. The van der Waals surface area contributed by atoms with Crippen LogP contribution in [0.15, 0.2) is 12.2 Å². The lowest BCUT2D eigenvalue weighted by atomic mass is 9.69. The average molecular weight is 181 g/mol. The molecule has 1 atom stereocenters. The van der Waals surface area contributed by atoms with Gasteiger partial charge in [0.05, 0.1) is 0 Å². The van der Waals surface area contributed by atoms with Crippen molar-refractivity contribution in [3.63, 3.8) is 0 Å². The van der Waals surface area contributed by atoms with Gasteiger partial charge in [-0.15, -0.1) is 0 Å². The van der Waals surface area contributed by atoms with Gasteiger partial charge in [0.25, 0.3) is 0 Å². The summed E-state index contributed by atoms with van der Waals surface area (Å²) in [5.74, 6) is 0. The van der Waals surface area contributed by atoms with Crippen LogP contribution in [-0.4, -0.2) is 13.1 Å². The predicted octanol–water partition coefficient (Wildman–Crippen LogP) is 3.12. The fourth-order valence-corrected chi connectivity index (χ4v) is 2.84. The third kappa shape index (κ3) is 2.34. The highest BCUT2D eigenvalue weighted by Gasteiger charge is 2.34. The van der Waals surface area contributed by atoms with Crippen LogP contribution >= 0.6 is 0 Å². The van der Waals surface area contributed by atoms with Crippen molar-refractivity contribution in [2.24, 2.45) is 5.41 Å². The summed E-state index contributed by atoms with van der Waals surface area (Å²) >= 11 is 0. The first-order chi connectivity index (χ1) is 6.10. The largest absolute Gasteiger partial charge is 0.313 e. The number of nitrogens with one attached hydrogen (secondary N) is 1. The zero-order valence-electron chi connectivity index (χ0n) is 9.32. The second-order valence-corrected chi connectivity index (χ2v) is 4.78. The van der Waals surface area contributed by atoms with Crippen molar-refractivity contribution in [3.05, 3.63) is 12.2 Å². The van der Waals surface area contributed by atoms with Crippen molar-refractivity contribution in [1.29, 1.82) is 0 Å². The molecule has 1 heteroatoms. The Labute approximate surface area is 82.6 Å². The Morgan fingerprint density at radius 1 is 1.31 bits per heavy atom. The first-order valence-corrected chi connectivity index (χ1v) is 5.43. The highest BCUT2D eigenvalue weighted by Crippen LogP contribution is 2.40. The van der Waals surface area contributed by atoms with E-state index in [0.29, 0.717) is 11.5 Å². The lowest BCUT2D eigenvalue weighted by molar-refractivity contribution is 0.169. The van der Waals surface area contributed by atoms with Gasteiger partial charge in [0, 0.05) is 6.04 Å². The van der Waals surface area contributed by atoms with E-state index < -0.39 is 0 Å². The van der Waals surface area contributed by atoms with Crippen molar-refractivity contribution in [3.8, 4) is 0 Å². The highest BCUT2D eigenvalue weighted by atomic mass is 14.9. The third-order valence-corrected chi connectivity index (χ3v) is 3.47. The zero-order valence-corrected chi connectivity index (χ0v) is 9.32. The number of hydrogen-bond donors (Lipinski definition) is 1. The molecule has 1 aliphatic rings. The summed E-state index contributed by atoms with van der Waals surface area (Å²) in [5.41, 5.74) is 1.74. The molecular formula is C12H23N. The number of likely N-dealkylation sites (N-methyl/N-ethyl adjacent to an activating group) is 1. The number of rotatable bonds is 3. The monoisotopic (exact) mass is 181 g/mol. The molecule has 1 saturated carbocycles. The van der Waals surface area contributed by atoms with E-state index in [0.717, 1.165) is 0 Å². The smallest absolute Gasteiger partial charge is 0.0325 e. The summed E-state index contributed by atoms with van der Waals surface area (Å²) in [6, 6.07) is 0.507. The van der Waals surface area contributed by atoms with Crippen LogP contribution in [0.25, 0.3) is 0 Å². The van der Waals surface area contributed by atoms with Crippen LogP contribution in [0.2, 0.25) is 0 Å². The van der Waals surface area contributed by atoms with Gasteiger partial charge in [0.1, 0.15) is 0 Å². The summed E-state index contributed by atoms with van der Waals surface area (Å²) in [4.78, 5) is 0. The van der Waals surface area contributed by atoms with Gasteiger partial charge in [-0.25, -0.2) is 0 Å². The van der Waals surface area contributed by atoms with Crippen molar-refractivity contribution in [2.45, 2.75) is 52.0 Å². The topological polar surface area (TPSA) is 12.0 Å². The average Bonchev–Trinajstić information content (AvgIpc) is 2.05. The van der Waals surface area contributed by atoms with E-state index in [4.69, 9.17) is 0 Å². The van der Waals surface area contributed by atoms with Crippen molar-refractivity contribution in [1.82, 2.24) is 5.32 Å². The van der Waals surface area contributed by atoms with Crippen LogP contribution in [0.5, 0.6) is 0 Å². The second kappa shape index (κ2) is 4.28. The van der Waals surface area contributed by atoms with Gasteiger partial charge < -0.3 is 5.32 Å². The van der Waals surface area contributed by atoms with Gasteiger partial charge in [0.15, 0.2) is 0 Å². The van der Waals surface area contributed by atoms with Gasteiger partial charge in [-0.1, -0.05) is 38.3 Å². The predicted molar refractivity (Wildman–Crippen MR) is 58.9 cm³/mol. The molecule has 13 heavy (non-hydrogen) atoms. The Balaban J connectivity index is 2.68. The van der Waals surface area contributed by atoms with Gasteiger partial charge in [-0.3, -0.25) is 0 Å². The Bertz CT molecular complexity index is 178. The second-order valence-electron chi connectivity index (χ2n) is 4.78. The van der Waals surface area contributed by atoms with Gasteiger partial charge in [-0.2, -0.15) is 0 Å². The quantitative estimate of drug-likeness (QED) is 0.660. The van der Waals surface area contributed by atoms with Crippen molar-refractivity contribution < 1.29 is 0 Å². The van der Waals surface area contributed by atoms with Crippen LogP contribution in [-0.2, 0) is 0 Å². The summed E-state index contributed by atoms with van der Waals surface area (Å²) in [6.07, 6.45) is 6.91. The lowest BCUT2D eigenvalue weighted by Gasteiger charge is -2.41. The molecule has 1 unspecified atom stereocenters. The molecule has 1 aliphatic carbocycles. The Hall–Kier alpha value is -0.300. The third-order valence-electron chi connectivity index (χ3n) is 3.47. The minimum Gasteiger partial charge on any atom is -0.313 e.